The number of nitrogens with one attached hydrogen (secondary N) is 3. The predicted molar refractivity (Wildman–Crippen MR) is 104 cm³/mol. The van der Waals surface area contributed by atoms with E-state index < -0.39 is 41.1 Å². The van der Waals surface area contributed by atoms with E-state index in [1.807, 2.05) is 0 Å². The second kappa shape index (κ2) is 8.78. The minimum absolute atomic E-state index is 0.250. The lowest BCUT2D eigenvalue weighted by molar-refractivity contribution is -0.130. The van der Waals surface area contributed by atoms with Crippen molar-refractivity contribution in [1.29, 1.82) is 0 Å². The zero-order chi connectivity index (χ0) is 21.9. The van der Waals surface area contributed by atoms with Crippen LogP contribution in [0.5, 0.6) is 0 Å². The molecule has 4 atom stereocenters. The Morgan fingerprint density at radius 2 is 1.75 bits per heavy atom. The average Bonchev–Trinajstić information content (AvgIpc) is 2.75. The molecule has 6 N–H and O–H groups in total. The van der Waals surface area contributed by atoms with Gasteiger partial charge in [0.15, 0.2) is 0 Å². The number of ether oxygens (including phenoxy) is 1. The summed E-state index contributed by atoms with van der Waals surface area (Å²) in [5.41, 5.74) is 3.18. The number of amides is 4. The van der Waals surface area contributed by atoms with Crippen LogP contribution in [-0.4, -0.2) is 71.3 Å². The number of hydrogen-bond acceptors (Lipinski definition) is 6. The minimum atomic E-state index is -1.07. The van der Waals surface area contributed by atoms with Crippen LogP contribution in [0, 0.1) is 0 Å². The number of rotatable bonds is 7. The van der Waals surface area contributed by atoms with Gasteiger partial charge < -0.3 is 36.4 Å². The molecule has 1 fully saturated rings. The van der Waals surface area contributed by atoms with Crippen molar-refractivity contribution < 1.29 is 24.2 Å². The number of primary amides is 1. The molecule has 1 saturated heterocycles. The zero-order valence-corrected chi connectivity index (χ0v) is 17.6. The lowest BCUT2D eigenvalue weighted by Crippen LogP contribution is -2.59. The maximum absolute atomic E-state index is 12.7. The first-order chi connectivity index (χ1) is 12.7. The quantitative estimate of drug-likeness (QED) is 0.386. The van der Waals surface area contributed by atoms with Gasteiger partial charge in [-0.15, -0.1) is 0 Å². The van der Waals surface area contributed by atoms with Gasteiger partial charge in [0, 0.05) is 18.7 Å². The summed E-state index contributed by atoms with van der Waals surface area (Å²) >= 11 is 0. The molecular weight excluding hydrogens is 366 g/mol. The largest absolute Gasteiger partial charge is 0.488 e. The van der Waals surface area contributed by atoms with Crippen molar-refractivity contribution in [3.8, 4) is 0 Å². The van der Waals surface area contributed by atoms with Crippen LogP contribution in [0.25, 0.3) is 0 Å². The van der Waals surface area contributed by atoms with Gasteiger partial charge in [-0.25, -0.2) is 4.79 Å². The van der Waals surface area contributed by atoms with E-state index in [4.69, 9.17) is 10.5 Å². The first-order valence-corrected chi connectivity index (χ1v) is 9.11. The SMILES string of the molecule is CC(NC(N)=O)C(=O)NC(C(=O)N/C=C1/CC(C)(O)C(C)(C)O1)C(C)N(C)C. The van der Waals surface area contributed by atoms with Crippen LogP contribution in [0.4, 0.5) is 4.79 Å². The third-order valence-corrected chi connectivity index (χ3v) is 5.21. The van der Waals surface area contributed by atoms with Crippen LogP contribution in [0.3, 0.4) is 0 Å². The van der Waals surface area contributed by atoms with Gasteiger partial charge in [-0.3, -0.25) is 9.59 Å². The summed E-state index contributed by atoms with van der Waals surface area (Å²) in [6.07, 6.45) is 1.65. The Bertz CT molecular complexity index is 626. The molecule has 160 valence electrons. The van der Waals surface area contributed by atoms with Gasteiger partial charge in [-0.05, 0) is 48.7 Å². The summed E-state index contributed by atoms with van der Waals surface area (Å²) in [6.45, 7) is 8.44. The minimum Gasteiger partial charge on any atom is -0.488 e. The molecule has 0 aromatic carbocycles. The summed E-state index contributed by atoms with van der Waals surface area (Å²) in [5, 5.41) is 17.9. The Kier molecular flexibility index (Phi) is 7.44. The summed E-state index contributed by atoms with van der Waals surface area (Å²) in [7, 11) is 3.56. The van der Waals surface area contributed by atoms with Crippen LogP contribution in [-0.2, 0) is 14.3 Å². The van der Waals surface area contributed by atoms with Crippen molar-refractivity contribution >= 4 is 17.8 Å². The van der Waals surface area contributed by atoms with Crippen molar-refractivity contribution in [3.05, 3.63) is 12.0 Å². The Morgan fingerprint density at radius 3 is 2.18 bits per heavy atom. The maximum atomic E-state index is 12.7. The van der Waals surface area contributed by atoms with E-state index in [0.29, 0.717) is 5.76 Å². The van der Waals surface area contributed by atoms with Crippen LogP contribution in [0.2, 0.25) is 0 Å². The highest BCUT2D eigenvalue weighted by molar-refractivity contribution is 5.92. The third-order valence-electron chi connectivity index (χ3n) is 5.21. The van der Waals surface area contributed by atoms with E-state index in [9.17, 15) is 19.5 Å². The van der Waals surface area contributed by atoms with Crippen LogP contribution < -0.4 is 21.7 Å². The first-order valence-electron chi connectivity index (χ1n) is 9.11. The molecule has 0 aromatic heterocycles. The van der Waals surface area contributed by atoms with E-state index in [-0.39, 0.29) is 12.5 Å². The number of nitrogens with two attached hydrogens (primary N) is 1. The van der Waals surface area contributed by atoms with Gasteiger partial charge >= 0.3 is 6.03 Å². The van der Waals surface area contributed by atoms with Gasteiger partial charge in [-0.2, -0.15) is 0 Å². The van der Waals surface area contributed by atoms with E-state index in [2.05, 4.69) is 16.0 Å². The highest BCUT2D eigenvalue weighted by atomic mass is 16.5. The van der Waals surface area contributed by atoms with Crippen molar-refractivity contribution in [2.24, 2.45) is 5.73 Å². The number of urea groups is 1. The van der Waals surface area contributed by atoms with Crippen LogP contribution in [0.1, 0.15) is 41.0 Å². The summed E-state index contributed by atoms with van der Waals surface area (Å²) in [6, 6.07) is -2.96. The van der Waals surface area contributed by atoms with Crippen molar-refractivity contribution in [2.45, 2.75) is 70.4 Å². The van der Waals surface area contributed by atoms with E-state index in [1.165, 1.54) is 13.1 Å². The summed E-state index contributed by atoms with van der Waals surface area (Å²) in [4.78, 5) is 37.7. The molecule has 10 nitrogen and oxygen atoms in total. The standard InChI is InChI=1S/C18H33N5O5/c1-10(21-16(19)26)14(24)22-13(11(2)23(6)7)15(25)20-9-12-8-18(5,27)17(3,4)28-12/h9-11,13,27H,8H2,1-7H3,(H,20,25)(H,22,24)(H3,19,21,26)/b12-9-. The molecule has 28 heavy (non-hydrogen) atoms. The second-order valence-corrected chi connectivity index (χ2v) is 8.10. The lowest BCUT2D eigenvalue weighted by Gasteiger charge is -2.30. The topological polar surface area (TPSA) is 146 Å². The number of carbonyl (C=O) groups is 3. The fourth-order valence-corrected chi connectivity index (χ4v) is 2.61. The molecule has 4 unspecified atom stereocenters. The number of nitrogens with zero attached hydrogens (tertiary/aromatic N) is 1. The van der Waals surface area contributed by atoms with Crippen LogP contribution >= 0.6 is 0 Å². The van der Waals surface area contributed by atoms with Gasteiger partial charge in [0.25, 0.3) is 0 Å². The molecule has 1 aliphatic heterocycles. The van der Waals surface area contributed by atoms with Gasteiger partial charge in [0.1, 0.15) is 29.0 Å². The number of aliphatic hydroxyl groups is 1. The number of hydrogen-bond donors (Lipinski definition) is 5. The summed E-state index contributed by atoms with van der Waals surface area (Å²) < 4.78 is 5.70. The fourth-order valence-electron chi connectivity index (χ4n) is 2.61. The number of carbonyl (C=O) groups excluding carboxylic acids is 3. The second-order valence-electron chi connectivity index (χ2n) is 8.10. The first kappa shape index (κ1) is 23.7. The Hall–Kier alpha value is -2.33. The Balaban J connectivity index is 2.88. The molecule has 0 aliphatic carbocycles. The molecule has 4 amide bonds. The molecule has 0 saturated carbocycles. The molecule has 10 heteroatoms. The molecule has 1 heterocycles. The monoisotopic (exact) mass is 399 g/mol. The van der Waals surface area contributed by atoms with E-state index in [1.54, 1.807) is 46.7 Å². The highest BCUT2D eigenvalue weighted by Gasteiger charge is 2.48. The molecule has 0 aromatic rings. The van der Waals surface area contributed by atoms with Gasteiger partial charge in [0.2, 0.25) is 11.8 Å². The highest BCUT2D eigenvalue weighted by Crippen LogP contribution is 2.40. The average molecular weight is 399 g/mol. The zero-order valence-electron chi connectivity index (χ0n) is 17.6. The van der Waals surface area contributed by atoms with Gasteiger partial charge in [0.05, 0.1) is 0 Å². The summed E-state index contributed by atoms with van der Waals surface area (Å²) in [5.74, 6) is -0.558. The molecule has 1 aliphatic rings. The van der Waals surface area contributed by atoms with Crippen LogP contribution in [0.15, 0.2) is 12.0 Å². The van der Waals surface area contributed by atoms with Crippen molar-refractivity contribution in [3.63, 3.8) is 0 Å². The van der Waals surface area contributed by atoms with E-state index in [0.717, 1.165) is 0 Å². The lowest BCUT2D eigenvalue weighted by atomic mass is 9.87. The fraction of sp³-hybridized carbons (Fsp3) is 0.722. The maximum Gasteiger partial charge on any atom is 0.312 e. The van der Waals surface area contributed by atoms with Crippen molar-refractivity contribution in [1.82, 2.24) is 20.9 Å². The normalized spacial score (nSPS) is 25.5. The molecule has 0 spiro atoms. The number of likely N-dealkylation sites (N-methyl/N-ethyl adjacent to an activating group) is 1. The Labute approximate surface area is 165 Å². The smallest absolute Gasteiger partial charge is 0.312 e. The molecule has 0 radical (unpaired) electrons. The molecule has 0 bridgehead atoms. The predicted octanol–water partition coefficient (Wildman–Crippen LogP) is -0.614. The van der Waals surface area contributed by atoms with E-state index >= 15 is 0 Å². The molecular formula is C18H33N5O5. The Morgan fingerprint density at radius 1 is 1.18 bits per heavy atom. The van der Waals surface area contributed by atoms with Gasteiger partial charge in [-0.1, -0.05) is 0 Å². The van der Waals surface area contributed by atoms with Crippen molar-refractivity contribution in [2.75, 3.05) is 14.1 Å². The molecule has 1 rings (SSSR count). The third kappa shape index (κ3) is 5.83.